The molecule has 0 spiro atoms. The minimum absolute atomic E-state index is 0.0642. The van der Waals surface area contributed by atoms with E-state index in [1.807, 2.05) is 0 Å². The highest BCUT2D eigenvalue weighted by atomic mass is 32.2. The first kappa shape index (κ1) is 21.2. The Morgan fingerprint density at radius 3 is 2.12 bits per heavy atom. The normalized spacial score (nSPS) is 20.5. The Kier molecular flexibility index (Phi) is 6.66. The predicted octanol–water partition coefficient (Wildman–Crippen LogP) is 3.80. The zero-order chi connectivity index (χ0) is 18.8. The second-order valence-electron chi connectivity index (χ2n) is 8.10. The van der Waals surface area contributed by atoms with Crippen molar-refractivity contribution in [3.05, 3.63) is 0 Å². The number of carbonyl (C=O) groups is 1. The first-order valence-electron chi connectivity index (χ1n) is 8.00. The lowest BCUT2D eigenvalue weighted by Crippen LogP contribution is -2.48. The molecule has 1 aliphatic rings. The minimum Gasteiger partial charge on any atom is -0.591 e. The summed E-state index contributed by atoms with van der Waals surface area (Å²) in [5.41, 5.74) is -2.07. The summed E-state index contributed by atoms with van der Waals surface area (Å²) in [4.78, 5) is 13.5. The first-order chi connectivity index (χ1) is 10.8. The van der Waals surface area contributed by atoms with Crippen LogP contribution in [0.3, 0.4) is 0 Å². The Balaban J connectivity index is 2.77. The van der Waals surface area contributed by atoms with Crippen molar-refractivity contribution in [1.29, 1.82) is 0 Å². The number of carbonyl (C=O) groups excluding carboxylic acids is 1. The fourth-order valence-corrected chi connectivity index (χ4v) is 2.77. The van der Waals surface area contributed by atoms with Crippen LogP contribution in [0.4, 0.5) is 13.6 Å². The van der Waals surface area contributed by atoms with E-state index in [0.717, 1.165) is 6.21 Å². The van der Waals surface area contributed by atoms with Gasteiger partial charge in [0.15, 0.2) is 0 Å². The van der Waals surface area contributed by atoms with Crippen LogP contribution >= 0.6 is 0 Å². The summed E-state index contributed by atoms with van der Waals surface area (Å²) in [5, 5.41) is 0. The average molecular weight is 366 g/mol. The molecule has 0 aromatic rings. The molecule has 1 amide bonds. The van der Waals surface area contributed by atoms with Crippen LogP contribution < -0.4 is 0 Å². The van der Waals surface area contributed by atoms with Gasteiger partial charge in [0, 0.05) is 13.1 Å². The highest BCUT2D eigenvalue weighted by Crippen LogP contribution is 2.37. The highest BCUT2D eigenvalue weighted by molar-refractivity contribution is 7.91. The van der Waals surface area contributed by atoms with Crippen LogP contribution in [0, 0.1) is 5.41 Å². The number of hydrogen-bond donors (Lipinski definition) is 0. The number of piperidine rings is 1. The van der Waals surface area contributed by atoms with Crippen LogP contribution in [0.2, 0.25) is 0 Å². The molecule has 1 atom stereocenters. The van der Waals surface area contributed by atoms with Gasteiger partial charge in [-0.1, -0.05) is 4.40 Å². The van der Waals surface area contributed by atoms with Crippen molar-refractivity contribution in [3.63, 3.8) is 0 Å². The molecule has 0 aromatic carbocycles. The van der Waals surface area contributed by atoms with Gasteiger partial charge in [-0.05, 0) is 54.4 Å². The van der Waals surface area contributed by atoms with Gasteiger partial charge in [-0.2, -0.15) is 0 Å². The second-order valence-corrected chi connectivity index (χ2v) is 10.0. The standard InChI is InChI=1S/C16H28F2N2O3S/c1-14(2,3)23-13(21)20-9-7-16(8-10-20,12(17)18)11-19-24(22)15(4,5)6/h11-12H,7-10H2,1-6H3/b19-11+. The molecular formula is C16H28F2N2O3S. The number of alkyl halides is 2. The number of rotatable bonds is 3. The number of ether oxygens (including phenoxy) is 1. The lowest BCUT2D eigenvalue weighted by Gasteiger charge is -2.38. The molecule has 0 aromatic heterocycles. The van der Waals surface area contributed by atoms with Gasteiger partial charge in [0.25, 0.3) is 0 Å². The maximum atomic E-state index is 13.6. The Hall–Kier alpha value is -0.890. The zero-order valence-electron chi connectivity index (χ0n) is 15.3. The molecule has 0 N–H and O–H groups in total. The summed E-state index contributed by atoms with van der Waals surface area (Å²) in [6, 6.07) is 0. The van der Waals surface area contributed by atoms with Crippen LogP contribution in [-0.2, 0) is 16.1 Å². The van der Waals surface area contributed by atoms with Crippen molar-refractivity contribution in [3.8, 4) is 0 Å². The quantitative estimate of drug-likeness (QED) is 0.564. The van der Waals surface area contributed by atoms with Crippen LogP contribution in [0.1, 0.15) is 54.4 Å². The molecule has 1 aliphatic heterocycles. The van der Waals surface area contributed by atoms with Gasteiger partial charge in [0.1, 0.15) is 21.7 Å². The number of halogens is 2. The number of amides is 1. The average Bonchev–Trinajstić information content (AvgIpc) is 2.42. The van der Waals surface area contributed by atoms with Gasteiger partial charge in [0.2, 0.25) is 6.43 Å². The molecule has 1 unspecified atom stereocenters. The molecular weight excluding hydrogens is 338 g/mol. The second kappa shape index (κ2) is 7.56. The molecule has 140 valence electrons. The van der Waals surface area contributed by atoms with Crippen LogP contribution in [0.15, 0.2) is 4.40 Å². The lowest BCUT2D eigenvalue weighted by molar-refractivity contribution is -0.0157. The number of hydrogen-bond acceptors (Lipinski definition) is 4. The maximum absolute atomic E-state index is 13.6. The van der Waals surface area contributed by atoms with Crippen molar-refractivity contribution in [2.45, 2.75) is 71.2 Å². The van der Waals surface area contributed by atoms with Crippen molar-refractivity contribution in [2.75, 3.05) is 13.1 Å². The molecule has 0 bridgehead atoms. The topological polar surface area (TPSA) is 65.0 Å². The first-order valence-corrected chi connectivity index (χ1v) is 9.11. The lowest BCUT2D eigenvalue weighted by atomic mass is 9.80. The third-order valence-corrected chi connectivity index (χ3v) is 5.05. The molecule has 8 heteroatoms. The molecule has 0 radical (unpaired) electrons. The van der Waals surface area contributed by atoms with E-state index in [1.54, 1.807) is 41.5 Å². The van der Waals surface area contributed by atoms with E-state index in [0.29, 0.717) is 0 Å². The number of nitrogens with zero attached hydrogens (tertiary/aromatic N) is 2. The molecule has 1 rings (SSSR count). The molecule has 1 fully saturated rings. The van der Waals surface area contributed by atoms with Gasteiger partial charge >= 0.3 is 6.09 Å². The molecule has 1 heterocycles. The van der Waals surface area contributed by atoms with E-state index < -0.39 is 39.6 Å². The third kappa shape index (κ3) is 5.88. The highest BCUT2D eigenvalue weighted by Gasteiger charge is 2.44. The van der Waals surface area contributed by atoms with E-state index in [2.05, 4.69) is 4.40 Å². The smallest absolute Gasteiger partial charge is 0.410 e. The van der Waals surface area contributed by atoms with Gasteiger partial charge in [-0.25, -0.2) is 13.6 Å². The summed E-state index contributed by atoms with van der Waals surface area (Å²) >= 11 is -1.58. The van der Waals surface area contributed by atoms with E-state index in [9.17, 15) is 18.1 Å². The fourth-order valence-electron chi connectivity index (χ4n) is 2.15. The molecule has 5 nitrogen and oxygen atoms in total. The largest absolute Gasteiger partial charge is 0.591 e. The minimum atomic E-state index is -2.63. The van der Waals surface area contributed by atoms with Gasteiger partial charge in [0.05, 0.1) is 11.6 Å². The van der Waals surface area contributed by atoms with Gasteiger partial charge in [-0.15, -0.1) is 0 Å². The summed E-state index contributed by atoms with van der Waals surface area (Å²) in [6.07, 6.45) is -1.85. The summed E-state index contributed by atoms with van der Waals surface area (Å²) in [7, 11) is 0. The molecule has 24 heavy (non-hydrogen) atoms. The molecule has 0 saturated carbocycles. The summed E-state index contributed by atoms with van der Waals surface area (Å²) in [5.74, 6) is 0. The van der Waals surface area contributed by atoms with Crippen molar-refractivity contribution in [2.24, 2.45) is 9.81 Å². The van der Waals surface area contributed by atoms with E-state index >= 15 is 0 Å². The number of likely N-dealkylation sites (tertiary alicyclic amines) is 1. The molecule has 0 aliphatic carbocycles. The predicted molar refractivity (Wildman–Crippen MR) is 91.9 cm³/mol. The third-order valence-electron chi connectivity index (χ3n) is 3.71. The fraction of sp³-hybridized carbons (Fsp3) is 0.875. The Labute approximate surface area is 146 Å². The Morgan fingerprint density at radius 1 is 1.25 bits per heavy atom. The van der Waals surface area contributed by atoms with Crippen LogP contribution in [0.5, 0.6) is 0 Å². The van der Waals surface area contributed by atoms with Crippen LogP contribution in [0.25, 0.3) is 0 Å². The van der Waals surface area contributed by atoms with E-state index in [4.69, 9.17) is 4.74 Å². The van der Waals surface area contributed by atoms with Crippen molar-refractivity contribution < 1.29 is 22.9 Å². The summed E-state index contributed by atoms with van der Waals surface area (Å²) in [6.45, 7) is 10.8. The Morgan fingerprint density at radius 2 is 1.75 bits per heavy atom. The van der Waals surface area contributed by atoms with Gasteiger partial charge in [-0.3, -0.25) is 0 Å². The summed E-state index contributed by atoms with van der Waals surface area (Å²) < 4.78 is 47.7. The van der Waals surface area contributed by atoms with Gasteiger partial charge < -0.3 is 14.2 Å². The SMILES string of the molecule is CC(C)(C)OC(=O)N1CCC(/C=N/[S+]([O-])C(C)(C)C)(C(F)F)CC1. The molecule has 1 saturated heterocycles. The van der Waals surface area contributed by atoms with E-state index in [-0.39, 0.29) is 25.9 Å². The van der Waals surface area contributed by atoms with Crippen LogP contribution in [-0.4, -0.2) is 51.6 Å². The monoisotopic (exact) mass is 366 g/mol. The maximum Gasteiger partial charge on any atom is 0.410 e. The van der Waals surface area contributed by atoms with E-state index in [1.165, 1.54) is 4.90 Å². The van der Waals surface area contributed by atoms with Crippen molar-refractivity contribution in [1.82, 2.24) is 4.90 Å². The zero-order valence-corrected chi connectivity index (χ0v) is 16.1. The Bertz CT molecular complexity index is 465. The van der Waals surface area contributed by atoms with Crippen molar-refractivity contribution >= 4 is 23.7 Å².